The molecule has 0 saturated heterocycles. The van der Waals surface area contributed by atoms with Crippen molar-refractivity contribution in [3.8, 4) is 0 Å². The largest absolute Gasteiger partial charge is 0.411 e. The molecule has 8 heteroatoms. The van der Waals surface area contributed by atoms with Crippen molar-refractivity contribution in [2.24, 2.45) is 0 Å². The Kier molecular flexibility index (Phi) is 5.43. The molecular weight excluding hydrogens is 338 g/mol. The van der Waals surface area contributed by atoms with Crippen LogP contribution in [0.15, 0.2) is 22.7 Å². The van der Waals surface area contributed by atoms with Gasteiger partial charge in [0.2, 0.25) is 5.91 Å². The van der Waals surface area contributed by atoms with Gasteiger partial charge in [-0.05, 0) is 28.1 Å². The van der Waals surface area contributed by atoms with Crippen LogP contribution in [-0.2, 0) is 9.53 Å². The summed E-state index contributed by atoms with van der Waals surface area (Å²) in [7, 11) is 0. The number of anilines is 1. The highest BCUT2D eigenvalue weighted by atomic mass is 79.9. The maximum Gasteiger partial charge on any atom is 0.411 e. The van der Waals surface area contributed by atoms with Gasteiger partial charge >= 0.3 is 6.18 Å². The Morgan fingerprint density at radius 3 is 2.72 bits per heavy atom. The fourth-order valence-corrected chi connectivity index (χ4v) is 1.58. The fraction of sp³-hybridized carbons (Fsp3) is 0.300. The van der Waals surface area contributed by atoms with Crippen LogP contribution in [0.4, 0.5) is 18.9 Å². The van der Waals surface area contributed by atoms with Gasteiger partial charge in [-0.2, -0.15) is 13.2 Å². The first-order valence-electron chi connectivity index (χ1n) is 4.68. The molecule has 3 nitrogen and oxygen atoms in total. The van der Waals surface area contributed by atoms with Gasteiger partial charge in [-0.15, -0.1) is 0 Å². The second-order valence-corrected chi connectivity index (χ2v) is 4.46. The first-order chi connectivity index (χ1) is 8.29. The molecule has 1 amide bonds. The van der Waals surface area contributed by atoms with Gasteiger partial charge < -0.3 is 10.1 Å². The Labute approximate surface area is 114 Å². The van der Waals surface area contributed by atoms with Gasteiger partial charge in [-0.25, -0.2) is 0 Å². The van der Waals surface area contributed by atoms with E-state index in [4.69, 9.17) is 11.6 Å². The molecule has 0 heterocycles. The molecule has 0 atom stereocenters. The van der Waals surface area contributed by atoms with Crippen molar-refractivity contribution in [3.05, 3.63) is 27.7 Å². The first kappa shape index (κ1) is 15.3. The summed E-state index contributed by atoms with van der Waals surface area (Å²) in [6, 6.07) is 4.75. The van der Waals surface area contributed by atoms with Gasteiger partial charge in [0.05, 0.1) is 15.2 Å². The minimum absolute atomic E-state index is 0.364. The minimum atomic E-state index is -4.45. The highest BCUT2D eigenvalue weighted by molar-refractivity contribution is 9.10. The van der Waals surface area contributed by atoms with Gasteiger partial charge in [0, 0.05) is 0 Å². The van der Waals surface area contributed by atoms with Gasteiger partial charge in [0.25, 0.3) is 0 Å². The molecule has 0 aliphatic rings. The van der Waals surface area contributed by atoms with Gasteiger partial charge in [-0.1, -0.05) is 17.7 Å². The van der Waals surface area contributed by atoms with E-state index in [1.54, 1.807) is 18.2 Å². The lowest BCUT2D eigenvalue weighted by Crippen LogP contribution is -2.24. The number of benzene rings is 1. The van der Waals surface area contributed by atoms with Crippen LogP contribution in [0.5, 0.6) is 0 Å². The van der Waals surface area contributed by atoms with E-state index in [1.165, 1.54) is 0 Å². The van der Waals surface area contributed by atoms with E-state index >= 15 is 0 Å². The third-order valence-electron chi connectivity index (χ3n) is 1.72. The van der Waals surface area contributed by atoms with Gasteiger partial charge in [0.15, 0.2) is 0 Å². The number of amides is 1. The van der Waals surface area contributed by atoms with Crippen LogP contribution >= 0.6 is 27.5 Å². The number of nitrogens with one attached hydrogen (secondary N) is 1. The van der Waals surface area contributed by atoms with Crippen molar-refractivity contribution >= 4 is 39.1 Å². The topological polar surface area (TPSA) is 38.3 Å². The second kappa shape index (κ2) is 6.40. The summed E-state index contributed by atoms with van der Waals surface area (Å²) >= 11 is 8.92. The number of halogens is 5. The molecule has 0 aromatic heterocycles. The van der Waals surface area contributed by atoms with Crippen molar-refractivity contribution in [1.29, 1.82) is 0 Å². The summed E-state index contributed by atoms with van der Waals surface area (Å²) in [5.41, 5.74) is 0.364. The maximum absolute atomic E-state index is 11.8. The lowest BCUT2D eigenvalue weighted by molar-refractivity contribution is -0.174. The number of rotatable bonds is 4. The lowest BCUT2D eigenvalue weighted by atomic mass is 10.3. The highest BCUT2D eigenvalue weighted by Crippen LogP contribution is 2.29. The molecule has 1 rings (SSSR count). The molecule has 100 valence electrons. The molecule has 1 aromatic carbocycles. The van der Waals surface area contributed by atoms with Crippen molar-refractivity contribution in [1.82, 2.24) is 0 Å². The molecule has 0 radical (unpaired) electrons. The molecule has 0 unspecified atom stereocenters. The molecule has 1 aromatic rings. The third kappa shape index (κ3) is 5.24. The molecule has 0 aliphatic carbocycles. The van der Waals surface area contributed by atoms with Gasteiger partial charge in [-0.3, -0.25) is 4.79 Å². The van der Waals surface area contributed by atoms with Crippen molar-refractivity contribution in [2.45, 2.75) is 6.18 Å². The van der Waals surface area contributed by atoms with Crippen LogP contribution in [-0.4, -0.2) is 25.3 Å². The molecule has 0 fully saturated rings. The second-order valence-electron chi connectivity index (χ2n) is 3.26. The van der Waals surface area contributed by atoms with Crippen LogP contribution in [0, 0.1) is 0 Å². The summed E-state index contributed by atoms with van der Waals surface area (Å²) in [6.07, 6.45) is -4.45. The monoisotopic (exact) mass is 345 g/mol. The van der Waals surface area contributed by atoms with E-state index in [1.807, 2.05) is 0 Å². The Hall–Kier alpha value is -0.790. The van der Waals surface area contributed by atoms with Crippen LogP contribution in [0.3, 0.4) is 0 Å². The van der Waals surface area contributed by atoms with E-state index < -0.39 is 25.3 Å². The Bertz CT molecular complexity index is 440. The molecule has 0 saturated carbocycles. The number of carbonyl (C=O) groups excluding carboxylic acids is 1. The normalized spacial score (nSPS) is 11.4. The van der Waals surface area contributed by atoms with E-state index in [0.717, 1.165) is 0 Å². The fourth-order valence-electron chi connectivity index (χ4n) is 1.05. The Morgan fingerprint density at radius 2 is 2.11 bits per heavy atom. The van der Waals surface area contributed by atoms with Crippen LogP contribution < -0.4 is 5.32 Å². The predicted octanol–water partition coefficient (Wildman–Crippen LogP) is 3.62. The van der Waals surface area contributed by atoms with Crippen LogP contribution in [0.1, 0.15) is 0 Å². The van der Waals surface area contributed by atoms with Crippen molar-refractivity contribution < 1.29 is 22.7 Å². The SMILES string of the molecule is O=C(COCC(F)(F)F)Nc1cccc(Cl)c1Br. The van der Waals surface area contributed by atoms with Crippen molar-refractivity contribution in [2.75, 3.05) is 18.5 Å². The number of carbonyl (C=O) groups is 1. The summed E-state index contributed by atoms with van der Waals surface area (Å²) in [5.74, 6) is -0.692. The van der Waals surface area contributed by atoms with E-state index in [9.17, 15) is 18.0 Å². The smallest absolute Gasteiger partial charge is 0.362 e. The van der Waals surface area contributed by atoms with E-state index in [-0.39, 0.29) is 0 Å². The zero-order valence-electron chi connectivity index (χ0n) is 8.85. The highest BCUT2D eigenvalue weighted by Gasteiger charge is 2.27. The van der Waals surface area contributed by atoms with E-state index in [0.29, 0.717) is 15.2 Å². The average molecular weight is 347 g/mol. The molecule has 1 N–H and O–H groups in total. The third-order valence-corrected chi connectivity index (χ3v) is 3.12. The maximum atomic E-state index is 11.8. The summed E-state index contributed by atoms with van der Waals surface area (Å²) in [4.78, 5) is 11.3. The average Bonchev–Trinajstić information content (AvgIpc) is 2.23. The van der Waals surface area contributed by atoms with Crippen molar-refractivity contribution in [3.63, 3.8) is 0 Å². The number of alkyl halides is 3. The zero-order chi connectivity index (χ0) is 13.8. The molecule has 0 bridgehead atoms. The van der Waals surface area contributed by atoms with E-state index in [2.05, 4.69) is 26.0 Å². The number of hydrogen-bond donors (Lipinski definition) is 1. The zero-order valence-corrected chi connectivity index (χ0v) is 11.2. The number of ether oxygens (including phenoxy) is 1. The number of hydrogen-bond acceptors (Lipinski definition) is 2. The molecular formula is C10H8BrClF3NO2. The standard InChI is InChI=1S/C10H8BrClF3NO2/c11-9-6(12)2-1-3-7(9)16-8(17)4-18-5-10(13,14)15/h1-3H,4-5H2,(H,16,17). The molecule has 0 aliphatic heterocycles. The van der Waals surface area contributed by atoms with Crippen LogP contribution in [0.25, 0.3) is 0 Å². The lowest BCUT2D eigenvalue weighted by Gasteiger charge is -2.10. The summed E-state index contributed by atoms with van der Waals surface area (Å²) < 4.78 is 40.0. The van der Waals surface area contributed by atoms with Crippen LogP contribution in [0.2, 0.25) is 5.02 Å². The molecule has 18 heavy (non-hydrogen) atoms. The quantitative estimate of drug-likeness (QED) is 0.904. The predicted molar refractivity (Wildman–Crippen MR) is 64.7 cm³/mol. The van der Waals surface area contributed by atoms with Gasteiger partial charge in [0.1, 0.15) is 13.2 Å². The minimum Gasteiger partial charge on any atom is -0.362 e. The molecule has 0 spiro atoms. The summed E-state index contributed by atoms with van der Waals surface area (Å²) in [6.45, 7) is -2.14. The first-order valence-corrected chi connectivity index (χ1v) is 5.85. The Morgan fingerprint density at radius 1 is 1.44 bits per heavy atom. The summed E-state index contributed by atoms with van der Waals surface area (Å²) in [5, 5.41) is 2.75. The Balaban J connectivity index is 2.48.